The van der Waals surface area contributed by atoms with E-state index in [-0.39, 0.29) is 5.88 Å². The van der Waals surface area contributed by atoms with Crippen LogP contribution >= 0.6 is 0 Å². The summed E-state index contributed by atoms with van der Waals surface area (Å²) < 4.78 is 10.9. The fraction of sp³-hybridized carbons (Fsp3) is 0.267. The molecule has 0 spiro atoms. The van der Waals surface area contributed by atoms with Crippen molar-refractivity contribution in [3.63, 3.8) is 0 Å². The molecule has 0 bridgehead atoms. The van der Waals surface area contributed by atoms with Gasteiger partial charge in [0.25, 0.3) is 5.88 Å². The standard InChI is InChI=1S/C15H15N3O4/c1-4-13-14(15(20-3)17-18(13)22-10(2)19)21-12-7-5-11(9-16)6-8-12/h5-8H,4H2,1-3H3. The zero-order chi connectivity index (χ0) is 16.1. The molecule has 22 heavy (non-hydrogen) atoms. The highest BCUT2D eigenvalue weighted by molar-refractivity contribution is 5.66. The third-order valence-corrected chi connectivity index (χ3v) is 2.82. The van der Waals surface area contributed by atoms with E-state index in [4.69, 9.17) is 19.6 Å². The lowest BCUT2D eigenvalue weighted by molar-refractivity contribution is -0.143. The molecule has 1 aromatic heterocycles. The maximum absolute atomic E-state index is 11.1. The van der Waals surface area contributed by atoms with Gasteiger partial charge in [-0.2, -0.15) is 5.26 Å². The number of hydrogen-bond acceptors (Lipinski definition) is 6. The van der Waals surface area contributed by atoms with Crippen molar-refractivity contribution in [3.05, 3.63) is 35.5 Å². The summed E-state index contributed by atoms with van der Waals surface area (Å²) in [5, 5.41) is 12.8. The first-order chi connectivity index (χ1) is 10.6. The van der Waals surface area contributed by atoms with Gasteiger partial charge in [0, 0.05) is 6.92 Å². The Hall–Kier alpha value is -3.01. The molecule has 0 atom stereocenters. The van der Waals surface area contributed by atoms with E-state index in [0.717, 1.165) is 4.85 Å². The summed E-state index contributed by atoms with van der Waals surface area (Å²) >= 11 is 0. The highest BCUT2D eigenvalue weighted by Crippen LogP contribution is 2.34. The number of nitrogens with zero attached hydrogens (tertiary/aromatic N) is 3. The predicted octanol–water partition coefficient (Wildman–Crippen LogP) is 2.09. The van der Waals surface area contributed by atoms with Gasteiger partial charge in [-0.3, -0.25) is 0 Å². The molecule has 0 aliphatic rings. The van der Waals surface area contributed by atoms with Gasteiger partial charge in [0.05, 0.1) is 18.7 Å². The number of methoxy groups -OCH3 is 1. The van der Waals surface area contributed by atoms with Crippen LogP contribution in [0.25, 0.3) is 0 Å². The van der Waals surface area contributed by atoms with Crippen molar-refractivity contribution in [3.8, 4) is 23.4 Å². The molecule has 2 rings (SSSR count). The molecule has 0 saturated carbocycles. The minimum atomic E-state index is -0.496. The van der Waals surface area contributed by atoms with E-state index in [2.05, 4.69) is 5.10 Å². The van der Waals surface area contributed by atoms with Crippen LogP contribution in [0.5, 0.6) is 17.4 Å². The second-order valence-electron chi connectivity index (χ2n) is 4.33. The minimum Gasteiger partial charge on any atom is -0.477 e. The SMILES string of the molecule is CCc1c(Oc2ccc(C#N)cc2)c(OC)nn1OC(C)=O. The first-order valence-corrected chi connectivity index (χ1v) is 6.61. The fourth-order valence-corrected chi connectivity index (χ4v) is 1.84. The van der Waals surface area contributed by atoms with E-state index in [1.54, 1.807) is 24.3 Å². The molecule has 2 aromatic rings. The third-order valence-electron chi connectivity index (χ3n) is 2.82. The Balaban J connectivity index is 2.37. The van der Waals surface area contributed by atoms with Crippen LogP contribution in [0.3, 0.4) is 0 Å². The third kappa shape index (κ3) is 3.17. The molecule has 0 amide bonds. The van der Waals surface area contributed by atoms with Gasteiger partial charge in [-0.15, -0.1) is 0 Å². The number of aromatic nitrogens is 2. The lowest BCUT2D eigenvalue weighted by Crippen LogP contribution is -2.20. The van der Waals surface area contributed by atoms with Gasteiger partial charge < -0.3 is 14.3 Å². The van der Waals surface area contributed by atoms with Gasteiger partial charge in [0.2, 0.25) is 5.75 Å². The molecular weight excluding hydrogens is 286 g/mol. The molecular formula is C15H15N3O4. The summed E-state index contributed by atoms with van der Waals surface area (Å²) in [4.78, 5) is 17.2. The zero-order valence-electron chi connectivity index (χ0n) is 12.5. The Morgan fingerprint density at radius 1 is 1.36 bits per heavy atom. The number of ether oxygens (including phenoxy) is 2. The van der Waals surface area contributed by atoms with Gasteiger partial charge >= 0.3 is 5.97 Å². The van der Waals surface area contributed by atoms with Crippen LogP contribution in [0.2, 0.25) is 0 Å². The molecule has 1 aromatic carbocycles. The van der Waals surface area contributed by atoms with Crippen LogP contribution < -0.4 is 14.3 Å². The lowest BCUT2D eigenvalue weighted by atomic mass is 10.2. The number of hydrogen-bond donors (Lipinski definition) is 0. The second-order valence-corrected chi connectivity index (χ2v) is 4.33. The monoisotopic (exact) mass is 301 g/mol. The molecule has 7 nitrogen and oxygen atoms in total. The second kappa shape index (κ2) is 6.63. The summed E-state index contributed by atoms with van der Waals surface area (Å²) in [6, 6.07) is 8.65. The Bertz CT molecular complexity index is 714. The zero-order valence-corrected chi connectivity index (χ0v) is 12.5. The van der Waals surface area contributed by atoms with Gasteiger partial charge in [-0.25, -0.2) is 4.79 Å². The maximum atomic E-state index is 11.1. The Labute approximate surface area is 127 Å². The van der Waals surface area contributed by atoms with Crippen molar-refractivity contribution in [1.82, 2.24) is 9.94 Å². The van der Waals surface area contributed by atoms with E-state index < -0.39 is 5.97 Å². The summed E-state index contributed by atoms with van der Waals surface area (Å²) in [7, 11) is 1.45. The molecule has 114 valence electrons. The normalized spacial score (nSPS) is 9.91. The molecule has 0 aliphatic heterocycles. The molecule has 0 aliphatic carbocycles. The van der Waals surface area contributed by atoms with E-state index >= 15 is 0 Å². The van der Waals surface area contributed by atoms with Crippen molar-refractivity contribution in [2.45, 2.75) is 20.3 Å². The number of benzene rings is 1. The van der Waals surface area contributed by atoms with Crippen LogP contribution in [0.15, 0.2) is 24.3 Å². The number of nitriles is 1. The van der Waals surface area contributed by atoms with Crippen LogP contribution in [-0.2, 0) is 11.2 Å². The van der Waals surface area contributed by atoms with Crippen molar-refractivity contribution in [2.75, 3.05) is 7.11 Å². The summed E-state index contributed by atoms with van der Waals surface area (Å²) in [6.45, 7) is 3.16. The van der Waals surface area contributed by atoms with Gasteiger partial charge in [0.15, 0.2) is 0 Å². The van der Waals surface area contributed by atoms with Crippen molar-refractivity contribution in [1.29, 1.82) is 5.26 Å². The van der Waals surface area contributed by atoms with Crippen molar-refractivity contribution < 1.29 is 19.1 Å². The van der Waals surface area contributed by atoms with Gasteiger partial charge in [0.1, 0.15) is 11.4 Å². The van der Waals surface area contributed by atoms with Gasteiger partial charge in [-0.1, -0.05) is 16.9 Å². The maximum Gasteiger partial charge on any atom is 0.331 e. The Kier molecular flexibility index (Phi) is 4.63. The number of carbonyl (C=O) groups excluding carboxylic acids is 1. The van der Waals surface area contributed by atoms with Crippen molar-refractivity contribution in [2.24, 2.45) is 0 Å². The average Bonchev–Trinajstić information content (AvgIpc) is 2.83. The lowest BCUT2D eigenvalue weighted by Gasteiger charge is -2.07. The largest absolute Gasteiger partial charge is 0.477 e. The molecule has 7 heteroatoms. The highest BCUT2D eigenvalue weighted by Gasteiger charge is 2.22. The quantitative estimate of drug-likeness (QED) is 0.840. The molecule has 0 fully saturated rings. The average molecular weight is 301 g/mol. The summed E-state index contributed by atoms with van der Waals surface area (Å²) in [5.74, 6) is 0.609. The first-order valence-electron chi connectivity index (χ1n) is 6.61. The van der Waals surface area contributed by atoms with Crippen LogP contribution in [0, 0.1) is 11.3 Å². The highest BCUT2D eigenvalue weighted by atomic mass is 16.7. The predicted molar refractivity (Wildman–Crippen MR) is 76.6 cm³/mol. The minimum absolute atomic E-state index is 0.211. The Morgan fingerprint density at radius 2 is 2.05 bits per heavy atom. The molecule has 0 unspecified atom stereocenters. The van der Waals surface area contributed by atoms with Crippen LogP contribution in [0.1, 0.15) is 25.1 Å². The van der Waals surface area contributed by atoms with Gasteiger partial charge in [-0.05, 0) is 30.7 Å². The van der Waals surface area contributed by atoms with E-state index in [0.29, 0.717) is 29.2 Å². The van der Waals surface area contributed by atoms with Crippen molar-refractivity contribution >= 4 is 5.97 Å². The number of carbonyl (C=O) groups is 1. The molecule has 1 heterocycles. The van der Waals surface area contributed by atoms with E-state index in [1.165, 1.54) is 14.0 Å². The fourth-order valence-electron chi connectivity index (χ4n) is 1.84. The molecule has 0 N–H and O–H groups in total. The first kappa shape index (κ1) is 15.4. The Morgan fingerprint density at radius 3 is 2.55 bits per heavy atom. The van der Waals surface area contributed by atoms with E-state index in [9.17, 15) is 4.79 Å². The van der Waals surface area contributed by atoms with Crippen LogP contribution in [-0.4, -0.2) is 23.0 Å². The summed E-state index contributed by atoms with van der Waals surface area (Å²) in [5.41, 5.74) is 1.10. The van der Waals surface area contributed by atoms with Crippen LogP contribution in [0.4, 0.5) is 0 Å². The number of rotatable bonds is 5. The molecule has 0 saturated heterocycles. The smallest absolute Gasteiger partial charge is 0.331 e. The topological polar surface area (TPSA) is 86.4 Å². The molecule has 0 radical (unpaired) electrons. The van der Waals surface area contributed by atoms with E-state index in [1.807, 2.05) is 13.0 Å². The summed E-state index contributed by atoms with van der Waals surface area (Å²) in [6.07, 6.45) is 0.523.